The first-order valence-corrected chi connectivity index (χ1v) is 11.4. The van der Waals surface area contributed by atoms with E-state index in [2.05, 4.69) is 5.32 Å². The number of hydrogen-bond acceptors (Lipinski definition) is 8. The van der Waals surface area contributed by atoms with Gasteiger partial charge in [-0.2, -0.15) is 0 Å². The third-order valence-corrected chi connectivity index (χ3v) is 5.72. The number of aliphatic carboxylic acids is 1. The molecule has 0 spiro atoms. The van der Waals surface area contributed by atoms with Crippen molar-refractivity contribution in [2.45, 2.75) is 6.04 Å². The zero-order chi connectivity index (χ0) is 27.2. The number of nitrogens with one attached hydrogen (secondary N) is 1. The number of benzene rings is 3. The Hall–Kier alpha value is -4.99. The van der Waals surface area contributed by atoms with Gasteiger partial charge in [-0.3, -0.25) is 9.59 Å². The van der Waals surface area contributed by atoms with Gasteiger partial charge in [0, 0.05) is 11.6 Å². The van der Waals surface area contributed by atoms with Crippen LogP contribution in [-0.2, 0) is 9.59 Å². The van der Waals surface area contributed by atoms with E-state index < -0.39 is 24.5 Å². The lowest BCUT2D eigenvalue weighted by Crippen LogP contribution is -2.36. The van der Waals surface area contributed by atoms with E-state index in [1.165, 1.54) is 45.6 Å². The standard InChI is InChI=1S/C28H25NO9/c1-34-20-12-9-17(26(35-2)27(20)36-3)13-22-25(31)19-11-10-18(14-21(19)38-22)37-15-23(30)29-24(28(32)33)16-7-5-4-6-8-16/h4-14,24H,15H2,1-3H3,(H,29,30)(H,32,33)/t24-/m1/s1. The Kier molecular flexibility index (Phi) is 7.81. The van der Waals surface area contributed by atoms with Crippen molar-refractivity contribution in [1.82, 2.24) is 5.32 Å². The average Bonchev–Trinajstić information content (AvgIpc) is 3.24. The number of amides is 1. The molecule has 3 aromatic carbocycles. The van der Waals surface area contributed by atoms with E-state index >= 15 is 0 Å². The highest BCUT2D eigenvalue weighted by Crippen LogP contribution is 2.42. The normalized spacial score (nSPS) is 13.8. The number of carbonyl (C=O) groups is 3. The van der Waals surface area contributed by atoms with E-state index in [4.69, 9.17) is 23.7 Å². The van der Waals surface area contributed by atoms with Crippen molar-refractivity contribution in [3.8, 4) is 28.7 Å². The predicted molar refractivity (Wildman–Crippen MR) is 136 cm³/mol. The lowest BCUT2D eigenvalue weighted by atomic mass is 10.1. The zero-order valence-electron chi connectivity index (χ0n) is 20.8. The van der Waals surface area contributed by atoms with Crippen LogP contribution in [0.2, 0.25) is 0 Å². The molecule has 10 nitrogen and oxygen atoms in total. The number of carbonyl (C=O) groups excluding carboxylic acids is 2. The van der Waals surface area contributed by atoms with Crippen molar-refractivity contribution in [2.24, 2.45) is 0 Å². The Labute approximate surface area is 218 Å². The molecule has 1 heterocycles. The smallest absolute Gasteiger partial charge is 0.330 e. The summed E-state index contributed by atoms with van der Waals surface area (Å²) >= 11 is 0. The molecule has 0 aliphatic carbocycles. The largest absolute Gasteiger partial charge is 0.493 e. The fraction of sp³-hybridized carbons (Fsp3) is 0.179. The van der Waals surface area contributed by atoms with Crippen LogP contribution in [0.15, 0.2) is 66.4 Å². The summed E-state index contributed by atoms with van der Waals surface area (Å²) in [5, 5.41) is 11.9. The number of carboxylic acids is 1. The van der Waals surface area contributed by atoms with Crippen molar-refractivity contribution in [3.05, 3.63) is 83.1 Å². The molecule has 1 aliphatic heterocycles. The van der Waals surface area contributed by atoms with Crippen LogP contribution in [0.5, 0.6) is 28.7 Å². The maximum Gasteiger partial charge on any atom is 0.330 e. The lowest BCUT2D eigenvalue weighted by molar-refractivity contribution is -0.142. The molecule has 2 N–H and O–H groups in total. The molecule has 0 saturated carbocycles. The number of ether oxygens (including phenoxy) is 5. The van der Waals surface area contributed by atoms with Crippen LogP contribution in [0.3, 0.4) is 0 Å². The summed E-state index contributed by atoms with van der Waals surface area (Å²) < 4.78 is 27.4. The second kappa shape index (κ2) is 11.4. The Morgan fingerprint density at radius 1 is 0.974 bits per heavy atom. The highest BCUT2D eigenvalue weighted by atomic mass is 16.5. The second-order valence-electron chi connectivity index (χ2n) is 8.06. The van der Waals surface area contributed by atoms with Crippen molar-refractivity contribution in [2.75, 3.05) is 27.9 Å². The number of carboxylic acid groups (broad SMARTS) is 1. The lowest BCUT2D eigenvalue weighted by Gasteiger charge is -2.15. The maximum absolute atomic E-state index is 12.9. The van der Waals surface area contributed by atoms with Gasteiger partial charge in [0.2, 0.25) is 11.5 Å². The fourth-order valence-electron chi connectivity index (χ4n) is 3.92. The second-order valence-corrected chi connectivity index (χ2v) is 8.06. The van der Waals surface area contributed by atoms with Crippen molar-refractivity contribution < 1.29 is 43.2 Å². The summed E-state index contributed by atoms with van der Waals surface area (Å²) in [6, 6.07) is 15.1. The number of methoxy groups -OCH3 is 3. The van der Waals surface area contributed by atoms with Gasteiger partial charge in [0.1, 0.15) is 11.5 Å². The summed E-state index contributed by atoms with van der Waals surface area (Å²) in [6.45, 7) is -0.436. The monoisotopic (exact) mass is 519 g/mol. The molecular weight excluding hydrogens is 494 g/mol. The number of hydrogen-bond donors (Lipinski definition) is 2. The van der Waals surface area contributed by atoms with Crippen molar-refractivity contribution >= 4 is 23.7 Å². The molecular formula is C28H25NO9. The zero-order valence-corrected chi connectivity index (χ0v) is 20.8. The van der Waals surface area contributed by atoms with Crippen LogP contribution in [-0.4, -0.2) is 50.7 Å². The minimum Gasteiger partial charge on any atom is -0.493 e. The number of Topliss-reactive ketones (excluding diaryl/α,β-unsaturated/α-hetero) is 1. The van der Waals surface area contributed by atoms with Gasteiger partial charge in [-0.15, -0.1) is 0 Å². The van der Waals surface area contributed by atoms with Crippen LogP contribution in [0.1, 0.15) is 27.5 Å². The number of fused-ring (bicyclic) bond motifs is 1. The molecule has 1 amide bonds. The van der Waals surface area contributed by atoms with Gasteiger partial charge in [0.25, 0.3) is 5.91 Å². The molecule has 0 aromatic heterocycles. The maximum atomic E-state index is 12.9. The first-order chi connectivity index (χ1) is 18.4. The first kappa shape index (κ1) is 26.1. The topological polar surface area (TPSA) is 130 Å². The average molecular weight is 520 g/mol. The molecule has 0 saturated heterocycles. The van der Waals surface area contributed by atoms with Crippen molar-refractivity contribution in [3.63, 3.8) is 0 Å². The van der Waals surface area contributed by atoms with Gasteiger partial charge in [-0.05, 0) is 35.9 Å². The van der Waals surface area contributed by atoms with E-state index in [-0.39, 0.29) is 23.0 Å². The number of rotatable bonds is 10. The van der Waals surface area contributed by atoms with Crippen LogP contribution < -0.4 is 29.0 Å². The minimum atomic E-state index is -1.21. The van der Waals surface area contributed by atoms with Gasteiger partial charge in [-0.25, -0.2) is 4.79 Å². The number of ketones is 1. The predicted octanol–water partition coefficient (Wildman–Crippen LogP) is 3.65. The fourth-order valence-corrected chi connectivity index (χ4v) is 3.92. The summed E-state index contributed by atoms with van der Waals surface area (Å²) in [4.78, 5) is 36.9. The highest BCUT2D eigenvalue weighted by Gasteiger charge is 2.29. The summed E-state index contributed by atoms with van der Waals surface area (Å²) in [5.74, 6) is -0.358. The Morgan fingerprint density at radius 2 is 1.71 bits per heavy atom. The SMILES string of the molecule is COc1ccc(C=C2Oc3cc(OCC(=O)N[C@@H](C(=O)O)c4ccccc4)ccc3C2=O)c(OC)c1OC. The van der Waals surface area contributed by atoms with Gasteiger partial charge >= 0.3 is 5.97 Å². The summed E-state index contributed by atoms with van der Waals surface area (Å²) in [6.07, 6.45) is 1.53. The molecule has 1 aliphatic rings. The van der Waals surface area contributed by atoms with Gasteiger partial charge in [-0.1, -0.05) is 30.3 Å². The van der Waals surface area contributed by atoms with E-state index in [0.29, 0.717) is 33.9 Å². The van der Waals surface area contributed by atoms with Crippen LogP contribution in [0, 0.1) is 0 Å². The minimum absolute atomic E-state index is 0.0626. The van der Waals surface area contributed by atoms with Gasteiger partial charge in [0.15, 0.2) is 29.9 Å². The Balaban J connectivity index is 1.47. The molecule has 3 aromatic rings. The molecule has 4 rings (SSSR count). The van der Waals surface area contributed by atoms with Crippen LogP contribution >= 0.6 is 0 Å². The van der Waals surface area contributed by atoms with Crippen molar-refractivity contribution in [1.29, 1.82) is 0 Å². The first-order valence-electron chi connectivity index (χ1n) is 11.4. The molecule has 196 valence electrons. The van der Waals surface area contributed by atoms with E-state index in [1.54, 1.807) is 42.5 Å². The van der Waals surface area contributed by atoms with E-state index in [9.17, 15) is 19.5 Å². The molecule has 0 fully saturated rings. The molecule has 38 heavy (non-hydrogen) atoms. The van der Waals surface area contributed by atoms with Gasteiger partial charge in [0.05, 0.1) is 26.9 Å². The summed E-state index contributed by atoms with van der Waals surface area (Å²) in [5.41, 5.74) is 1.30. The molecule has 0 radical (unpaired) electrons. The van der Waals surface area contributed by atoms with E-state index in [1.807, 2.05) is 0 Å². The summed E-state index contributed by atoms with van der Waals surface area (Å²) in [7, 11) is 4.46. The highest BCUT2D eigenvalue weighted by molar-refractivity contribution is 6.14. The third-order valence-electron chi connectivity index (χ3n) is 5.72. The molecule has 0 unspecified atom stereocenters. The Bertz CT molecular complexity index is 1400. The Morgan fingerprint density at radius 3 is 2.37 bits per heavy atom. The van der Waals surface area contributed by atoms with E-state index in [0.717, 1.165) is 0 Å². The van der Waals surface area contributed by atoms with Crippen LogP contribution in [0.4, 0.5) is 0 Å². The number of allylic oxidation sites excluding steroid dienone is 1. The van der Waals surface area contributed by atoms with Gasteiger partial charge < -0.3 is 34.1 Å². The molecule has 10 heteroatoms. The third kappa shape index (κ3) is 5.39. The molecule has 0 bridgehead atoms. The quantitative estimate of drug-likeness (QED) is 0.386. The molecule has 1 atom stereocenters. The van der Waals surface area contributed by atoms with Crippen LogP contribution in [0.25, 0.3) is 6.08 Å².